The van der Waals surface area contributed by atoms with Gasteiger partial charge in [0.2, 0.25) is 0 Å². The molecular formula is C10H8ClINO-. The van der Waals surface area contributed by atoms with Crippen LogP contribution in [0.2, 0.25) is 5.02 Å². The van der Waals surface area contributed by atoms with E-state index in [9.17, 15) is 5.21 Å². The molecule has 14 heavy (non-hydrogen) atoms. The van der Waals surface area contributed by atoms with Crippen molar-refractivity contribution in [3.8, 4) is 0 Å². The molecule has 0 bridgehead atoms. The van der Waals surface area contributed by atoms with Gasteiger partial charge in [-0.2, -0.15) is 0 Å². The summed E-state index contributed by atoms with van der Waals surface area (Å²) in [4.78, 5) is 0. The Bertz CT molecular complexity index is 346. The molecule has 0 heterocycles. The highest BCUT2D eigenvalue weighted by atomic mass is 127. The summed E-state index contributed by atoms with van der Waals surface area (Å²) >= 11 is 7.89. The predicted octanol–water partition coefficient (Wildman–Crippen LogP) is 3.72. The van der Waals surface area contributed by atoms with Gasteiger partial charge in [-0.3, -0.25) is 0 Å². The Labute approximate surface area is 101 Å². The summed E-state index contributed by atoms with van der Waals surface area (Å²) in [6, 6.07) is 7.44. The molecule has 0 aliphatic rings. The van der Waals surface area contributed by atoms with Crippen molar-refractivity contribution in [1.29, 1.82) is 0 Å². The Morgan fingerprint density at radius 2 is 2.00 bits per heavy atom. The zero-order chi connectivity index (χ0) is 10.4. The summed E-state index contributed by atoms with van der Waals surface area (Å²) in [6.45, 7) is 0. The maximum Gasteiger partial charge on any atom is 0.0406 e. The van der Waals surface area contributed by atoms with Crippen molar-refractivity contribution in [1.82, 2.24) is 5.48 Å². The SMILES string of the molecule is [O-]N/C=C\C(=C/I)c1ccc(Cl)cc1. The zero-order valence-corrected chi connectivity index (χ0v) is 10.1. The van der Waals surface area contributed by atoms with Gasteiger partial charge >= 0.3 is 0 Å². The van der Waals surface area contributed by atoms with Crippen LogP contribution in [0.5, 0.6) is 0 Å². The van der Waals surface area contributed by atoms with Crippen LogP contribution in [0.15, 0.2) is 40.6 Å². The molecule has 2 nitrogen and oxygen atoms in total. The Kier molecular flexibility index (Phi) is 5.00. The molecule has 4 heteroatoms. The van der Waals surface area contributed by atoms with E-state index in [1.165, 1.54) is 6.20 Å². The van der Waals surface area contributed by atoms with E-state index in [4.69, 9.17) is 11.6 Å². The molecule has 0 saturated carbocycles. The van der Waals surface area contributed by atoms with Gasteiger partial charge in [0, 0.05) is 5.02 Å². The quantitative estimate of drug-likeness (QED) is 0.523. The van der Waals surface area contributed by atoms with Gasteiger partial charge in [0.05, 0.1) is 0 Å². The Hall–Kier alpha value is -0.520. The molecule has 0 aliphatic carbocycles. The van der Waals surface area contributed by atoms with Gasteiger partial charge in [-0.25, -0.2) is 0 Å². The van der Waals surface area contributed by atoms with E-state index in [1.54, 1.807) is 11.6 Å². The maximum absolute atomic E-state index is 10.0. The molecule has 0 spiro atoms. The van der Waals surface area contributed by atoms with Crippen LogP contribution in [0.3, 0.4) is 0 Å². The van der Waals surface area contributed by atoms with E-state index >= 15 is 0 Å². The average molecular weight is 321 g/mol. The molecular weight excluding hydrogens is 312 g/mol. The molecule has 0 aliphatic heterocycles. The summed E-state index contributed by atoms with van der Waals surface area (Å²) in [5, 5.41) is 10.7. The van der Waals surface area contributed by atoms with Crippen molar-refractivity contribution in [3.05, 3.63) is 56.4 Å². The summed E-state index contributed by atoms with van der Waals surface area (Å²) in [6.07, 6.45) is 3.06. The van der Waals surface area contributed by atoms with Crippen molar-refractivity contribution >= 4 is 39.8 Å². The second kappa shape index (κ2) is 6.06. The summed E-state index contributed by atoms with van der Waals surface area (Å²) in [5.41, 5.74) is 3.70. The molecule has 0 aromatic heterocycles. The number of rotatable bonds is 3. The van der Waals surface area contributed by atoms with Crippen LogP contribution in [-0.4, -0.2) is 0 Å². The van der Waals surface area contributed by atoms with Crippen LogP contribution in [-0.2, 0) is 0 Å². The number of hydrogen-bond donors (Lipinski definition) is 1. The second-order valence-corrected chi connectivity index (χ2v) is 3.58. The van der Waals surface area contributed by atoms with Gasteiger partial charge < -0.3 is 10.7 Å². The number of benzene rings is 1. The zero-order valence-electron chi connectivity index (χ0n) is 7.21. The Morgan fingerprint density at radius 1 is 1.36 bits per heavy atom. The van der Waals surface area contributed by atoms with E-state index in [0.717, 1.165) is 11.1 Å². The first-order chi connectivity index (χ1) is 6.77. The van der Waals surface area contributed by atoms with E-state index in [-0.39, 0.29) is 0 Å². The minimum Gasteiger partial charge on any atom is -0.761 e. The molecule has 1 aromatic carbocycles. The largest absolute Gasteiger partial charge is 0.761 e. The minimum absolute atomic E-state index is 0.701. The van der Waals surface area contributed by atoms with Crippen LogP contribution in [0.4, 0.5) is 0 Å². The van der Waals surface area contributed by atoms with Crippen molar-refractivity contribution in [2.24, 2.45) is 0 Å². The maximum atomic E-state index is 10.0. The average Bonchev–Trinajstić information content (AvgIpc) is 2.21. The molecule has 1 rings (SSSR count). The van der Waals surface area contributed by atoms with Gasteiger partial charge in [-0.05, 0) is 39.6 Å². The van der Waals surface area contributed by atoms with Crippen LogP contribution >= 0.6 is 34.2 Å². The smallest absolute Gasteiger partial charge is 0.0406 e. The first-order valence-corrected chi connectivity index (χ1v) is 5.51. The van der Waals surface area contributed by atoms with Gasteiger partial charge in [0.25, 0.3) is 0 Å². The van der Waals surface area contributed by atoms with Crippen molar-refractivity contribution in [2.75, 3.05) is 0 Å². The van der Waals surface area contributed by atoms with E-state index < -0.39 is 0 Å². The molecule has 1 N–H and O–H groups in total. The van der Waals surface area contributed by atoms with E-state index in [2.05, 4.69) is 22.6 Å². The lowest BCUT2D eigenvalue weighted by atomic mass is 10.1. The lowest BCUT2D eigenvalue weighted by Crippen LogP contribution is -1.88. The van der Waals surface area contributed by atoms with Crippen LogP contribution in [0.25, 0.3) is 5.57 Å². The molecule has 0 amide bonds. The lowest BCUT2D eigenvalue weighted by Gasteiger charge is -2.03. The molecule has 0 radical (unpaired) electrons. The summed E-state index contributed by atoms with van der Waals surface area (Å²) in [7, 11) is 0. The van der Waals surface area contributed by atoms with Crippen molar-refractivity contribution in [2.45, 2.75) is 0 Å². The molecule has 0 unspecified atom stereocenters. The van der Waals surface area contributed by atoms with E-state index in [0.29, 0.717) is 5.02 Å². The number of allylic oxidation sites excluding steroid dienone is 2. The van der Waals surface area contributed by atoms with Gasteiger partial charge in [-0.1, -0.05) is 46.3 Å². The fourth-order valence-corrected chi connectivity index (χ4v) is 1.65. The number of nitrogens with one attached hydrogen (secondary N) is 1. The van der Waals surface area contributed by atoms with Gasteiger partial charge in [-0.15, -0.1) is 0 Å². The van der Waals surface area contributed by atoms with Crippen LogP contribution in [0, 0.1) is 5.21 Å². The first kappa shape index (κ1) is 11.6. The highest BCUT2D eigenvalue weighted by Gasteiger charge is 1.96. The van der Waals surface area contributed by atoms with Crippen molar-refractivity contribution < 1.29 is 0 Å². The molecule has 0 fully saturated rings. The third-order valence-corrected chi connectivity index (χ3v) is 2.55. The number of hydrogen-bond acceptors (Lipinski definition) is 2. The highest BCUT2D eigenvalue weighted by molar-refractivity contribution is 14.1. The fourth-order valence-electron chi connectivity index (χ4n) is 0.962. The molecule has 0 saturated heterocycles. The second-order valence-electron chi connectivity index (χ2n) is 2.52. The summed E-state index contributed by atoms with van der Waals surface area (Å²) in [5.74, 6) is 0. The third kappa shape index (κ3) is 3.32. The summed E-state index contributed by atoms with van der Waals surface area (Å²) < 4.78 is 1.90. The number of hydroxylamine groups is 1. The van der Waals surface area contributed by atoms with Gasteiger partial charge in [0.15, 0.2) is 0 Å². The van der Waals surface area contributed by atoms with Crippen molar-refractivity contribution in [3.63, 3.8) is 0 Å². The third-order valence-electron chi connectivity index (χ3n) is 1.63. The minimum atomic E-state index is 0.701. The first-order valence-electron chi connectivity index (χ1n) is 3.88. The Morgan fingerprint density at radius 3 is 2.50 bits per heavy atom. The van der Waals surface area contributed by atoms with Crippen LogP contribution in [0.1, 0.15) is 5.56 Å². The normalized spacial score (nSPS) is 12.1. The van der Waals surface area contributed by atoms with Gasteiger partial charge in [0.1, 0.15) is 0 Å². The van der Waals surface area contributed by atoms with E-state index in [1.807, 2.05) is 28.3 Å². The molecule has 74 valence electrons. The molecule has 0 atom stereocenters. The standard InChI is InChI=1S/C10H8ClINO/c11-10-3-1-8(2-4-10)9(7-12)5-6-13-14/h1-7,13H/q-1/b6-5-,9-7+. The highest BCUT2D eigenvalue weighted by Crippen LogP contribution is 2.19. The lowest BCUT2D eigenvalue weighted by molar-refractivity contribution is 1.22. The fraction of sp³-hybridized carbons (Fsp3) is 0. The predicted molar refractivity (Wildman–Crippen MR) is 69.1 cm³/mol. The van der Waals surface area contributed by atoms with Crippen LogP contribution < -0.4 is 5.48 Å². The number of halogens is 2. The molecule has 1 aromatic rings. The Balaban J connectivity index is 2.91. The monoisotopic (exact) mass is 320 g/mol. The topological polar surface area (TPSA) is 35.1 Å².